The van der Waals surface area contributed by atoms with E-state index in [-0.39, 0.29) is 5.91 Å². The van der Waals surface area contributed by atoms with Crippen molar-refractivity contribution >= 4 is 11.6 Å². The number of carbonyl (C=O) groups excluding carboxylic acids is 1. The van der Waals surface area contributed by atoms with Gasteiger partial charge in [-0.05, 0) is 37.1 Å². The number of hydrogen-bond acceptors (Lipinski definition) is 3. The SMILES string of the molecule is COc1ccc(N(C)C(=O)CCNC2CC2)cc1. The molecule has 2 rings (SSSR count). The second-order valence-electron chi connectivity index (χ2n) is 4.63. The van der Waals surface area contributed by atoms with Crippen LogP contribution in [-0.2, 0) is 4.79 Å². The number of methoxy groups -OCH3 is 1. The molecule has 1 aliphatic carbocycles. The van der Waals surface area contributed by atoms with Crippen LogP contribution in [0.3, 0.4) is 0 Å². The summed E-state index contributed by atoms with van der Waals surface area (Å²) in [6.07, 6.45) is 3.05. The van der Waals surface area contributed by atoms with Gasteiger partial charge >= 0.3 is 0 Å². The lowest BCUT2D eigenvalue weighted by Crippen LogP contribution is -2.30. The summed E-state index contributed by atoms with van der Waals surface area (Å²) in [6, 6.07) is 8.17. The number of anilines is 1. The summed E-state index contributed by atoms with van der Waals surface area (Å²) in [7, 11) is 3.44. The van der Waals surface area contributed by atoms with Gasteiger partial charge in [-0.1, -0.05) is 0 Å². The van der Waals surface area contributed by atoms with Gasteiger partial charge in [0.25, 0.3) is 0 Å². The Morgan fingerprint density at radius 3 is 2.61 bits per heavy atom. The van der Waals surface area contributed by atoms with E-state index in [1.54, 1.807) is 19.1 Å². The van der Waals surface area contributed by atoms with Gasteiger partial charge in [0.05, 0.1) is 7.11 Å². The first-order chi connectivity index (χ1) is 8.70. The van der Waals surface area contributed by atoms with Crippen molar-refractivity contribution in [3.05, 3.63) is 24.3 Å². The number of nitrogens with one attached hydrogen (secondary N) is 1. The molecular formula is C14H20N2O2. The molecule has 0 unspecified atom stereocenters. The van der Waals surface area contributed by atoms with Crippen LogP contribution in [0.25, 0.3) is 0 Å². The zero-order valence-corrected chi connectivity index (χ0v) is 11.0. The maximum atomic E-state index is 12.0. The highest BCUT2D eigenvalue weighted by Crippen LogP contribution is 2.20. The molecule has 4 heteroatoms. The fraction of sp³-hybridized carbons (Fsp3) is 0.500. The molecule has 0 radical (unpaired) electrons. The van der Waals surface area contributed by atoms with Crippen LogP contribution in [0.4, 0.5) is 5.69 Å². The summed E-state index contributed by atoms with van der Waals surface area (Å²) < 4.78 is 5.09. The molecule has 0 aromatic heterocycles. The minimum absolute atomic E-state index is 0.133. The van der Waals surface area contributed by atoms with Gasteiger partial charge in [0, 0.05) is 31.7 Å². The maximum absolute atomic E-state index is 12.0. The lowest BCUT2D eigenvalue weighted by molar-refractivity contribution is -0.118. The Morgan fingerprint density at radius 1 is 1.39 bits per heavy atom. The fourth-order valence-electron chi connectivity index (χ4n) is 1.79. The Bertz CT molecular complexity index is 399. The summed E-state index contributed by atoms with van der Waals surface area (Å²) >= 11 is 0. The van der Waals surface area contributed by atoms with Crippen molar-refractivity contribution in [2.75, 3.05) is 25.6 Å². The minimum atomic E-state index is 0.133. The molecule has 18 heavy (non-hydrogen) atoms. The molecule has 0 bridgehead atoms. The number of rotatable bonds is 6. The van der Waals surface area contributed by atoms with Crippen LogP contribution in [0.5, 0.6) is 5.75 Å². The van der Waals surface area contributed by atoms with Crippen LogP contribution < -0.4 is 15.0 Å². The number of benzene rings is 1. The van der Waals surface area contributed by atoms with Crippen LogP contribution in [0.2, 0.25) is 0 Å². The number of carbonyl (C=O) groups is 1. The highest BCUT2D eigenvalue weighted by molar-refractivity contribution is 5.92. The van der Waals surface area contributed by atoms with Gasteiger partial charge in [-0.3, -0.25) is 4.79 Å². The zero-order chi connectivity index (χ0) is 13.0. The molecule has 1 aromatic rings. The van der Waals surface area contributed by atoms with E-state index in [4.69, 9.17) is 4.74 Å². The number of nitrogens with zero attached hydrogens (tertiary/aromatic N) is 1. The molecule has 98 valence electrons. The van der Waals surface area contributed by atoms with E-state index in [0.717, 1.165) is 18.0 Å². The van der Waals surface area contributed by atoms with E-state index in [1.165, 1.54) is 12.8 Å². The van der Waals surface area contributed by atoms with E-state index in [0.29, 0.717) is 12.5 Å². The van der Waals surface area contributed by atoms with Crippen molar-refractivity contribution in [2.45, 2.75) is 25.3 Å². The van der Waals surface area contributed by atoms with Gasteiger partial charge in [0.2, 0.25) is 5.91 Å². The molecule has 0 saturated heterocycles. The first-order valence-electron chi connectivity index (χ1n) is 6.34. The molecule has 0 atom stereocenters. The molecule has 1 aromatic carbocycles. The standard InChI is InChI=1S/C14H20N2O2/c1-16(12-5-7-13(18-2)8-6-12)14(17)9-10-15-11-3-4-11/h5-8,11,15H,3-4,9-10H2,1-2H3. The first kappa shape index (κ1) is 12.9. The lowest BCUT2D eigenvalue weighted by Gasteiger charge is -2.17. The third kappa shape index (κ3) is 3.47. The van der Waals surface area contributed by atoms with E-state index in [1.807, 2.05) is 24.3 Å². The van der Waals surface area contributed by atoms with Gasteiger partial charge in [0.15, 0.2) is 0 Å². The lowest BCUT2D eigenvalue weighted by atomic mass is 10.2. The molecular weight excluding hydrogens is 228 g/mol. The van der Waals surface area contributed by atoms with E-state index >= 15 is 0 Å². The van der Waals surface area contributed by atoms with Crippen LogP contribution in [-0.4, -0.2) is 32.7 Å². The van der Waals surface area contributed by atoms with Gasteiger partial charge in [-0.2, -0.15) is 0 Å². The predicted octanol–water partition coefficient (Wildman–Crippen LogP) is 1.80. The topological polar surface area (TPSA) is 41.6 Å². The van der Waals surface area contributed by atoms with Gasteiger partial charge in [0.1, 0.15) is 5.75 Å². The van der Waals surface area contributed by atoms with Crippen molar-refractivity contribution in [1.82, 2.24) is 5.32 Å². The van der Waals surface area contributed by atoms with E-state index in [9.17, 15) is 4.79 Å². The Labute approximate surface area is 108 Å². The van der Waals surface area contributed by atoms with Crippen LogP contribution >= 0.6 is 0 Å². The Balaban J connectivity index is 1.83. The average Bonchev–Trinajstić information content (AvgIpc) is 3.22. The average molecular weight is 248 g/mol. The molecule has 0 spiro atoms. The van der Waals surface area contributed by atoms with Crippen molar-refractivity contribution in [3.63, 3.8) is 0 Å². The van der Waals surface area contributed by atoms with Crippen molar-refractivity contribution < 1.29 is 9.53 Å². The molecule has 4 nitrogen and oxygen atoms in total. The third-order valence-electron chi connectivity index (χ3n) is 3.18. The molecule has 0 aliphatic heterocycles. The minimum Gasteiger partial charge on any atom is -0.497 e. The maximum Gasteiger partial charge on any atom is 0.227 e. The predicted molar refractivity (Wildman–Crippen MR) is 72.0 cm³/mol. The van der Waals surface area contributed by atoms with Crippen molar-refractivity contribution in [2.24, 2.45) is 0 Å². The van der Waals surface area contributed by atoms with Crippen molar-refractivity contribution in [3.8, 4) is 5.75 Å². The molecule has 1 saturated carbocycles. The molecule has 1 fully saturated rings. The second kappa shape index (κ2) is 5.87. The van der Waals surface area contributed by atoms with Crippen LogP contribution in [0.1, 0.15) is 19.3 Å². The van der Waals surface area contributed by atoms with Crippen LogP contribution in [0.15, 0.2) is 24.3 Å². The highest BCUT2D eigenvalue weighted by atomic mass is 16.5. The summed E-state index contributed by atoms with van der Waals surface area (Å²) in [5.41, 5.74) is 0.896. The van der Waals surface area contributed by atoms with Gasteiger partial charge < -0.3 is 15.0 Å². The second-order valence-corrected chi connectivity index (χ2v) is 4.63. The van der Waals surface area contributed by atoms with Gasteiger partial charge in [-0.15, -0.1) is 0 Å². The largest absolute Gasteiger partial charge is 0.497 e. The quantitative estimate of drug-likeness (QED) is 0.834. The number of ether oxygens (including phenoxy) is 1. The number of amides is 1. The summed E-state index contributed by atoms with van der Waals surface area (Å²) in [6.45, 7) is 0.768. The van der Waals surface area contributed by atoms with Gasteiger partial charge in [-0.25, -0.2) is 0 Å². The number of hydrogen-bond donors (Lipinski definition) is 1. The monoisotopic (exact) mass is 248 g/mol. The van der Waals surface area contributed by atoms with Crippen molar-refractivity contribution in [1.29, 1.82) is 0 Å². The summed E-state index contributed by atoms with van der Waals surface area (Å²) in [5.74, 6) is 0.934. The van der Waals surface area contributed by atoms with E-state index in [2.05, 4.69) is 5.32 Å². The molecule has 1 N–H and O–H groups in total. The Kier molecular flexibility index (Phi) is 4.20. The molecule has 1 aliphatic rings. The smallest absolute Gasteiger partial charge is 0.227 e. The fourth-order valence-corrected chi connectivity index (χ4v) is 1.79. The normalized spacial score (nSPS) is 14.3. The Hall–Kier alpha value is -1.55. The summed E-state index contributed by atoms with van der Waals surface area (Å²) in [5, 5.41) is 3.34. The first-order valence-corrected chi connectivity index (χ1v) is 6.34. The van der Waals surface area contributed by atoms with E-state index < -0.39 is 0 Å². The van der Waals surface area contributed by atoms with Crippen LogP contribution in [0, 0.1) is 0 Å². The molecule has 0 heterocycles. The highest BCUT2D eigenvalue weighted by Gasteiger charge is 2.20. The molecule has 1 amide bonds. The zero-order valence-electron chi connectivity index (χ0n) is 11.0. The summed E-state index contributed by atoms with van der Waals surface area (Å²) in [4.78, 5) is 13.6. The third-order valence-corrected chi connectivity index (χ3v) is 3.18. The Morgan fingerprint density at radius 2 is 2.06 bits per heavy atom.